The molecule has 1 heterocycles. The summed E-state index contributed by atoms with van der Waals surface area (Å²) >= 11 is 0. The zero-order valence-corrected chi connectivity index (χ0v) is 12.7. The van der Waals surface area contributed by atoms with E-state index in [4.69, 9.17) is 5.41 Å². The highest BCUT2D eigenvalue weighted by atomic mass is 19.3. The first-order valence-electron chi connectivity index (χ1n) is 7.59. The molecule has 0 aliphatic heterocycles. The molecule has 0 unspecified atom stereocenters. The van der Waals surface area contributed by atoms with Crippen LogP contribution < -0.4 is 5.32 Å². The number of para-hydroxylation sites is 2. The third kappa shape index (κ3) is 3.29. The van der Waals surface area contributed by atoms with E-state index in [1.165, 1.54) is 12.4 Å². The average Bonchev–Trinajstić information content (AvgIpc) is 2.56. The van der Waals surface area contributed by atoms with Crippen LogP contribution in [0.4, 0.5) is 8.78 Å². The summed E-state index contributed by atoms with van der Waals surface area (Å²) in [7, 11) is 0. The Labute approximate surface area is 137 Å². The van der Waals surface area contributed by atoms with E-state index >= 15 is 0 Å². The number of hydrogen-bond acceptors (Lipinski definition) is 5. The van der Waals surface area contributed by atoms with Crippen LogP contribution in [0, 0.1) is 11.3 Å². The molecule has 5 nitrogen and oxygen atoms in total. The van der Waals surface area contributed by atoms with Gasteiger partial charge >= 0.3 is 0 Å². The maximum absolute atomic E-state index is 13.0. The molecule has 0 spiro atoms. The molecule has 1 aliphatic carbocycles. The minimum absolute atomic E-state index is 0.0119. The highest BCUT2D eigenvalue weighted by Crippen LogP contribution is 2.26. The molecule has 0 amide bonds. The Kier molecular flexibility index (Phi) is 4.59. The summed E-state index contributed by atoms with van der Waals surface area (Å²) in [6.07, 6.45) is 2.10. The topological polar surface area (TPSA) is 78.7 Å². The Morgan fingerprint density at radius 1 is 1.29 bits per heavy atom. The molecule has 1 fully saturated rings. The quantitative estimate of drug-likeness (QED) is 0.630. The summed E-state index contributed by atoms with van der Waals surface area (Å²) in [6, 6.07) is 7.17. The Morgan fingerprint density at radius 2 is 2.00 bits per heavy atom. The van der Waals surface area contributed by atoms with Crippen molar-refractivity contribution in [2.45, 2.75) is 25.3 Å². The zero-order chi connectivity index (χ0) is 17.1. The number of alkyl halides is 2. The number of halogens is 2. The number of allylic oxidation sites excluding steroid dienone is 1. The fourth-order valence-electron chi connectivity index (χ4n) is 2.60. The van der Waals surface area contributed by atoms with Crippen LogP contribution >= 0.6 is 0 Å². The van der Waals surface area contributed by atoms with Gasteiger partial charge in [-0.2, -0.15) is 0 Å². The van der Waals surface area contributed by atoms with Crippen LogP contribution in [0.2, 0.25) is 0 Å². The van der Waals surface area contributed by atoms with Crippen molar-refractivity contribution in [3.05, 3.63) is 42.4 Å². The average molecular weight is 330 g/mol. The molecule has 7 heteroatoms. The van der Waals surface area contributed by atoms with Crippen molar-refractivity contribution in [2.75, 3.05) is 0 Å². The zero-order valence-electron chi connectivity index (χ0n) is 12.7. The van der Waals surface area contributed by atoms with Crippen molar-refractivity contribution in [3.8, 4) is 0 Å². The standard InChI is InChI=1S/C17H16F2N4O/c18-17(19)16(20)12(7-21-11-5-10(6-11)9-24)15-8-22-13-3-1-2-4-14(13)23-15/h1-4,7-11,17,20-21H,5-6H2/b12-7-,20-16?. The van der Waals surface area contributed by atoms with Crippen molar-refractivity contribution >= 4 is 28.6 Å². The summed E-state index contributed by atoms with van der Waals surface area (Å²) in [5, 5.41) is 10.7. The fraction of sp³-hybridized carbons (Fsp3) is 0.294. The van der Waals surface area contributed by atoms with Crippen molar-refractivity contribution < 1.29 is 13.6 Å². The predicted octanol–water partition coefficient (Wildman–Crippen LogP) is 2.82. The van der Waals surface area contributed by atoms with Gasteiger partial charge in [0.25, 0.3) is 6.43 Å². The van der Waals surface area contributed by atoms with Crippen LogP contribution in [0.5, 0.6) is 0 Å². The van der Waals surface area contributed by atoms with Crippen LogP contribution in [0.25, 0.3) is 16.6 Å². The number of carbonyl (C=O) groups excluding carboxylic acids is 1. The van der Waals surface area contributed by atoms with E-state index < -0.39 is 12.1 Å². The molecule has 1 aromatic carbocycles. The lowest BCUT2D eigenvalue weighted by atomic mass is 9.81. The number of nitrogens with zero attached hydrogens (tertiary/aromatic N) is 2. The molecule has 2 N–H and O–H groups in total. The molecule has 24 heavy (non-hydrogen) atoms. The SMILES string of the molecule is N=C(/C(=C\NC1CC(C=O)C1)c1cnc2ccccc2n1)C(F)F. The lowest BCUT2D eigenvalue weighted by molar-refractivity contribution is -0.113. The van der Waals surface area contributed by atoms with Crippen LogP contribution in [-0.4, -0.2) is 34.4 Å². The second-order valence-electron chi connectivity index (χ2n) is 5.75. The Hall–Kier alpha value is -2.70. The van der Waals surface area contributed by atoms with Gasteiger partial charge in [-0.3, -0.25) is 10.4 Å². The van der Waals surface area contributed by atoms with E-state index in [9.17, 15) is 13.6 Å². The highest BCUT2D eigenvalue weighted by molar-refractivity contribution is 6.23. The molecule has 1 saturated carbocycles. The largest absolute Gasteiger partial charge is 0.388 e. The number of hydrogen-bond donors (Lipinski definition) is 2. The molecular formula is C17H16F2N4O. The van der Waals surface area contributed by atoms with Gasteiger partial charge < -0.3 is 10.1 Å². The minimum atomic E-state index is -2.91. The summed E-state index contributed by atoms with van der Waals surface area (Å²) in [5.74, 6) is 0.0226. The van der Waals surface area contributed by atoms with E-state index in [0.717, 1.165) is 6.29 Å². The van der Waals surface area contributed by atoms with Crippen LogP contribution in [0.1, 0.15) is 18.5 Å². The maximum atomic E-state index is 13.0. The Bertz CT molecular complexity index is 800. The van der Waals surface area contributed by atoms with E-state index in [0.29, 0.717) is 23.9 Å². The van der Waals surface area contributed by atoms with Crippen LogP contribution in [0.3, 0.4) is 0 Å². The molecule has 3 rings (SSSR count). The number of benzene rings is 1. The molecule has 2 aromatic rings. The number of nitrogens with one attached hydrogen (secondary N) is 2. The number of carbonyl (C=O) groups is 1. The molecular weight excluding hydrogens is 314 g/mol. The number of aromatic nitrogens is 2. The van der Waals surface area contributed by atoms with Gasteiger partial charge in [0.2, 0.25) is 0 Å². The van der Waals surface area contributed by atoms with Crippen molar-refractivity contribution in [3.63, 3.8) is 0 Å². The number of fused-ring (bicyclic) bond motifs is 1. The van der Waals surface area contributed by atoms with Gasteiger partial charge in [0, 0.05) is 23.7 Å². The summed E-state index contributed by atoms with van der Waals surface area (Å²) < 4.78 is 26.1. The van der Waals surface area contributed by atoms with Gasteiger partial charge in [-0.25, -0.2) is 13.8 Å². The summed E-state index contributed by atoms with van der Waals surface area (Å²) in [6.45, 7) is 0. The van der Waals surface area contributed by atoms with E-state index in [2.05, 4.69) is 15.3 Å². The summed E-state index contributed by atoms with van der Waals surface area (Å²) in [4.78, 5) is 19.2. The van der Waals surface area contributed by atoms with E-state index in [1.807, 2.05) is 6.07 Å². The molecule has 0 bridgehead atoms. The van der Waals surface area contributed by atoms with Crippen LogP contribution in [0.15, 0.2) is 36.7 Å². The molecule has 1 aliphatic rings. The fourth-order valence-corrected chi connectivity index (χ4v) is 2.60. The van der Waals surface area contributed by atoms with Gasteiger partial charge in [-0.05, 0) is 25.0 Å². The highest BCUT2D eigenvalue weighted by Gasteiger charge is 2.28. The number of rotatable bonds is 6. The van der Waals surface area contributed by atoms with Gasteiger partial charge in [0.05, 0.1) is 22.9 Å². The van der Waals surface area contributed by atoms with Gasteiger partial charge in [-0.1, -0.05) is 12.1 Å². The van der Waals surface area contributed by atoms with Crippen molar-refractivity contribution in [1.82, 2.24) is 15.3 Å². The number of aldehydes is 1. The third-order valence-electron chi connectivity index (χ3n) is 4.06. The van der Waals surface area contributed by atoms with Gasteiger partial charge in [0.15, 0.2) is 0 Å². The monoisotopic (exact) mass is 330 g/mol. The second kappa shape index (κ2) is 6.82. The van der Waals surface area contributed by atoms with Crippen LogP contribution in [-0.2, 0) is 4.79 Å². The van der Waals surface area contributed by atoms with Gasteiger partial charge in [-0.15, -0.1) is 0 Å². The third-order valence-corrected chi connectivity index (χ3v) is 4.06. The second-order valence-corrected chi connectivity index (χ2v) is 5.75. The minimum Gasteiger partial charge on any atom is -0.388 e. The van der Waals surface area contributed by atoms with E-state index in [1.54, 1.807) is 18.2 Å². The molecule has 0 radical (unpaired) electrons. The smallest absolute Gasteiger partial charge is 0.280 e. The van der Waals surface area contributed by atoms with Crippen molar-refractivity contribution in [1.29, 1.82) is 5.41 Å². The molecule has 124 valence electrons. The molecule has 0 saturated heterocycles. The first-order chi connectivity index (χ1) is 11.6. The first kappa shape index (κ1) is 16.2. The lowest BCUT2D eigenvalue weighted by Gasteiger charge is -2.32. The normalized spacial score (nSPS) is 20.7. The Balaban J connectivity index is 1.88. The van der Waals surface area contributed by atoms with Crippen molar-refractivity contribution in [2.24, 2.45) is 5.92 Å². The first-order valence-corrected chi connectivity index (χ1v) is 7.59. The molecule has 1 aromatic heterocycles. The maximum Gasteiger partial charge on any atom is 0.280 e. The summed E-state index contributed by atoms with van der Waals surface area (Å²) in [5.41, 5.74) is 0.659. The molecule has 0 atom stereocenters. The van der Waals surface area contributed by atoms with Gasteiger partial charge in [0.1, 0.15) is 12.0 Å². The predicted molar refractivity (Wildman–Crippen MR) is 87.0 cm³/mol. The Morgan fingerprint density at radius 3 is 2.67 bits per heavy atom. The lowest BCUT2D eigenvalue weighted by Crippen LogP contribution is -2.39. The van der Waals surface area contributed by atoms with E-state index in [-0.39, 0.29) is 23.2 Å².